The Morgan fingerprint density at radius 3 is 1.95 bits per heavy atom. The van der Waals surface area contributed by atoms with Crippen molar-refractivity contribution in [3.05, 3.63) is 73.3 Å². The summed E-state index contributed by atoms with van der Waals surface area (Å²) in [5.74, 6) is 0.406. The average molecular weight is 266 g/mol. The summed E-state index contributed by atoms with van der Waals surface area (Å²) in [6, 6.07) is 14.8. The van der Waals surface area contributed by atoms with Crippen LogP contribution in [0.1, 0.15) is 0 Å². The maximum Gasteiger partial charge on any atom is 0.134 e. The van der Waals surface area contributed by atoms with Crippen LogP contribution in [-0.4, -0.2) is 20.2 Å². The molecule has 0 aliphatic heterocycles. The topological polar surface area (TPSA) is 66.2 Å². The van der Waals surface area contributed by atoms with Crippen LogP contribution in [0.2, 0.25) is 0 Å². The summed E-state index contributed by atoms with van der Waals surface area (Å²) < 4.78 is 0. The summed E-state index contributed by atoms with van der Waals surface area (Å²) in [5.41, 5.74) is 1.99. The molecule has 4 nitrogen and oxygen atoms in total. The normalized spacial score (nSPS) is 9.40. The first-order chi connectivity index (χ1) is 9.75. The molecule has 1 aromatic carbocycles. The van der Waals surface area contributed by atoms with Crippen molar-refractivity contribution in [2.45, 2.75) is 0 Å². The van der Waals surface area contributed by atoms with Crippen LogP contribution in [0, 0.1) is 0 Å². The van der Waals surface area contributed by atoms with Crippen LogP contribution in [0.5, 0.6) is 11.5 Å². The van der Waals surface area contributed by atoms with E-state index in [0.29, 0.717) is 0 Å². The van der Waals surface area contributed by atoms with Gasteiger partial charge in [0, 0.05) is 18.0 Å². The highest BCUT2D eigenvalue weighted by Gasteiger charge is 1.96. The zero-order valence-electron chi connectivity index (χ0n) is 10.7. The molecule has 0 bridgehead atoms. The van der Waals surface area contributed by atoms with Gasteiger partial charge in [-0.3, -0.25) is 9.97 Å². The Labute approximate surface area is 117 Å². The highest BCUT2D eigenvalue weighted by Crippen LogP contribution is 2.20. The molecular formula is C16H14N2O2. The van der Waals surface area contributed by atoms with Crippen LogP contribution < -0.4 is 0 Å². The molecule has 0 aliphatic rings. The van der Waals surface area contributed by atoms with E-state index in [4.69, 9.17) is 5.11 Å². The van der Waals surface area contributed by atoms with Crippen molar-refractivity contribution in [2.75, 3.05) is 0 Å². The van der Waals surface area contributed by atoms with Crippen molar-refractivity contribution in [2.24, 2.45) is 0 Å². The second-order valence-electron chi connectivity index (χ2n) is 4.01. The van der Waals surface area contributed by atoms with E-state index < -0.39 is 0 Å². The molecule has 4 heteroatoms. The van der Waals surface area contributed by atoms with Gasteiger partial charge < -0.3 is 10.2 Å². The number of pyridine rings is 2. The minimum atomic E-state index is 0.196. The minimum Gasteiger partial charge on any atom is -0.506 e. The van der Waals surface area contributed by atoms with E-state index in [2.05, 4.69) is 9.97 Å². The summed E-state index contributed by atoms with van der Waals surface area (Å²) in [6.45, 7) is 0. The third-order valence-electron chi connectivity index (χ3n) is 2.48. The number of hydrogen-bond acceptors (Lipinski definition) is 4. The number of aromatic nitrogens is 2. The van der Waals surface area contributed by atoms with Crippen molar-refractivity contribution < 1.29 is 10.2 Å². The summed E-state index contributed by atoms with van der Waals surface area (Å²) in [7, 11) is 0. The highest BCUT2D eigenvalue weighted by molar-refractivity contribution is 5.63. The number of hydrogen-bond donors (Lipinski definition) is 2. The van der Waals surface area contributed by atoms with E-state index in [0.717, 1.165) is 11.1 Å². The van der Waals surface area contributed by atoms with E-state index in [9.17, 15) is 5.11 Å². The van der Waals surface area contributed by atoms with Gasteiger partial charge >= 0.3 is 0 Å². The molecule has 0 aliphatic carbocycles. The molecular weight excluding hydrogens is 252 g/mol. The molecule has 2 aromatic heterocycles. The predicted octanol–water partition coefficient (Wildman–Crippen LogP) is 3.24. The SMILES string of the molecule is Oc1cccnc1.Oc1cncc(-c2ccccc2)c1. The standard InChI is InChI=1S/C11H9NO.C5H5NO/c13-11-6-10(7-12-8-11)9-4-2-1-3-5-9;7-5-2-1-3-6-4-5/h1-8,13H;1-4,7H. The lowest BCUT2D eigenvalue weighted by Crippen LogP contribution is -1.78. The fourth-order valence-corrected chi connectivity index (χ4v) is 1.57. The Bertz CT molecular complexity index is 643. The summed E-state index contributed by atoms with van der Waals surface area (Å²) in [6.07, 6.45) is 6.15. The Balaban J connectivity index is 0.000000178. The lowest BCUT2D eigenvalue weighted by Gasteiger charge is -1.99. The number of benzene rings is 1. The minimum absolute atomic E-state index is 0.196. The van der Waals surface area contributed by atoms with E-state index in [1.165, 1.54) is 12.4 Å². The van der Waals surface area contributed by atoms with Gasteiger partial charge in [0.15, 0.2) is 0 Å². The van der Waals surface area contributed by atoms with Crippen LogP contribution in [0.3, 0.4) is 0 Å². The van der Waals surface area contributed by atoms with Gasteiger partial charge in [-0.1, -0.05) is 30.3 Å². The third-order valence-corrected chi connectivity index (χ3v) is 2.48. The first-order valence-corrected chi connectivity index (χ1v) is 6.04. The molecule has 0 saturated heterocycles. The van der Waals surface area contributed by atoms with Crippen LogP contribution in [0.25, 0.3) is 11.1 Å². The number of aromatic hydroxyl groups is 2. The molecule has 100 valence electrons. The van der Waals surface area contributed by atoms with Crippen molar-refractivity contribution >= 4 is 0 Å². The molecule has 0 saturated carbocycles. The van der Waals surface area contributed by atoms with E-state index >= 15 is 0 Å². The van der Waals surface area contributed by atoms with Gasteiger partial charge in [0.05, 0.1) is 12.4 Å². The molecule has 0 radical (unpaired) electrons. The Kier molecular flexibility index (Phi) is 4.67. The molecule has 0 amide bonds. The van der Waals surface area contributed by atoms with Crippen molar-refractivity contribution in [3.8, 4) is 22.6 Å². The van der Waals surface area contributed by atoms with E-state index in [1.807, 2.05) is 30.3 Å². The van der Waals surface area contributed by atoms with E-state index in [1.54, 1.807) is 30.6 Å². The second-order valence-corrected chi connectivity index (χ2v) is 4.01. The third kappa shape index (κ3) is 4.10. The molecule has 0 atom stereocenters. The van der Waals surface area contributed by atoms with Crippen LogP contribution in [0.15, 0.2) is 73.3 Å². The smallest absolute Gasteiger partial charge is 0.134 e. The maximum absolute atomic E-state index is 9.21. The quantitative estimate of drug-likeness (QED) is 0.709. The van der Waals surface area contributed by atoms with Gasteiger partial charge in [0.1, 0.15) is 11.5 Å². The Hall–Kier alpha value is -2.88. The fourth-order valence-electron chi connectivity index (χ4n) is 1.57. The van der Waals surface area contributed by atoms with Crippen LogP contribution >= 0.6 is 0 Å². The molecule has 3 aromatic rings. The maximum atomic E-state index is 9.21. The molecule has 0 unspecified atom stereocenters. The largest absolute Gasteiger partial charge is 0.506 e. The monoisotopic (exact) mass is 266 g/mol. The van der Waals surface area contributed by atoms with Crippen molar-refractivity contribution in [3.63, 3.8) is 0 Å². The lowest BCUT2D eigenvalue weighted by molar-refractivity contribution is 0.472. The summed E-state index contributed by atoms with van der Waals surface area (Å²) in [4.78, 5) is 7.54. The second kappa shape index (κ2) is 6.89. The number of rotatable bonds is 1. The van der Waals surface area contributed by atoms with Gasteiger partial charge in [0.2, 0.25) is 0 Å². The predicted molar refractivity (Wildman–Crippen MR) is 77.2 cm³/mol. The van der Waals surface area contributed by atoms with Gasteiger partial charge in [-0.2, -0.15) is 0 Å². The molecule has 0 spiro atoms. The Morgan fingerprint density at radius 2 is 1.40 bits per heavy atom. The molecule has 2 N–H and O–H groups in total. The van der Waals surface area contributed by atoms with Gasteiger partial charge in [-0.15, -0.1) is 0 Å². The molecule has 20 heavy (non-hydrogen) atoms. The molecule has 2 heterocycles. The van der Waals surface area contributed by atoms with Crippen LogP contribution in [0.4, 0.5) is 0 Å². The fraction of sp³-hybridized carbons (Fsp3) is 0. The van der Waals surface area contributed by atoms with Gasteiger partial charge in [-0.25, -0.2) is 0 Å². The Morgan fingerprint density at radius 1 is 0.650 bits per heavy atom. The van der Waals surface area contributed by atoms with Crippen molar-refractivity contribution in [1.29, 1.82) is 0 Å². The zero-order chi connectivity index (χ0) is 14.2. The number of nitrogens with zero attached hydrogens (tertiary/aromatic N) is 2. The lowest BCUT2D eigenvalue weighted by atomic mass is 10.1. The summed E-state index contributed by atoms with van der Waals surface area (Å²) >= 11 is 0. The first kappa shape index (κ1) is 13.5. The summed E-state index contributed by atoms with van der Waals surface area (Å²) in [5, 5.41) is 17.8. The molecule has 0 fully saturated rings. The van der Waals surface area contributed by atoms with E-state index in [-0.39, 0.29) is 11.5 Å². The average Bonchev–Trinajstić information content (AvgIpc) is 2.50. The van der Waals surface area contributed by atoms with Gasteiger partial charge in [0.25, 0.3) is 0 Å². The van der Waals surface area contributed by atoms with Crippen molar-refractivity contribution in [1.82, 2.24) is 9.97 Å². The first-order valence-electron chi connectivity index (χ1n) is 6.04. The van der Waals surface area contributed by atoms with Crippen LogP contribution in [-0.2, 0) is 0 Å². The van der Waals surface area contributed by atoms with Gasteiger partial charge in [-0.05, 0) is 23.8 Å². The molecule has 3 rings (SSSR count). The highest BCUT2D eigenvalue weighted by atomic mass is 16.3. The zero-order valence-corrected chi connectivity index (χ0v) is 10.7.